The molecule has 0 saturated heterocycles. The fraction of sp³-hybridized carbons (Fsp3) is 0.375. The van der Waals surface area contributed by atoms with Gasteiger partial charge in [-0.1, -0.05) is 30.2 Å². The van der Waals surface area contributed by atoms with Crippen molar-refractivity contribution in [2.75, 3.05) is 0 Å². The largest absolute Gasteiger partial charge is 0.237 e. The fourth-order valence-corrected chi connectivity index (χ4v) is 3.64. The van der Waals surface area contributed by atoms with Crippen molar-refractivity contribution in [2.24, 2.45) is 0 Å². The van der Waals surface area contributed by atoms with Crippen molar-refractivity contribution in [3.05, 3.63) is 52.3 Å². The monoisotopic (exact) mass is 322 g/mol. The van der Waals surface area contributed by atoms with Crippen molar-refractivity contribution < 1.29 is 4.39 Å². The summed E-state index contributed by atoms with van der Waals surface area (Å²) in [5.74, 6) is 1.02. The van der Waals surface area contributed by atoms with Gasteiger partial charge in [-0.2, -0.15) is 0 Å². The van der Waals surface area contributed by atoms with E-state index in [0.717, 1.165) is 36.9 Å². The number of nitrogens with zero attached hydrogens (tertiary/aromatic N) is 2. The van der Waals surface area contributed by atoms with Gasteiger partial charge in [-0.3, -0.25) is 0 Å². The zero-order chi connectivity index (χ0) is 14.7. The van der Waals surface area contributed by atoms with E-state index in [1.54, 1.807) is 12.1 Å². The van der Waals surface area contributed by atoms with Gasteiger partial charge in [-0.25, -0.2) is 14.4 Å². The molecule has 0 fully saturated rings. The summed E-state index contributed by atoms with van der Waals surface area (Å²) < 4.78 is 13.6. The molecule has 0 spiro atoms. The molecule has 1 aromatic heterocycles. The maximum atomic E-state index is 13.6. The van der Waals surface area contributed by atoms with E-state index in [1.807, 2.05) is 6.07 Å². The molecule has 0 amide bonds. The zero-order valence-corrected chi connectivity index (χ0v) is 13.2. The molecule has 1 aromatic carbocycles. The molecule has 0 aliphatic heterocycles. The Morgan fingerprint density at radius 1 is 1.10 bits per heavy atom. The first-order valence-corrected chi connectivity index (χ1v) is 8.52. The predicted octanol–water partition coefficient (Wildman–Crippen LogP) is 4.83. The highest BCUT2D eigenvalue weighted by molar-refractivity contribution is 7.98. The molecule has 1 aliphatic carbocycles. The summed E-state index contributed by atoms with van der Waals surface area (Å²) in [6, 6.07) is 6.75. The molecular formula is C16H16ClFN2S. The Hall–Kier alpha value is -1.13. The van der Waals surface area contributed by atoms with Crippen LogP contribution in [0.1, 0.15) is 36.3 Å². The highest BCUT2D eigenvalue weighted by Crippen LogP contribution is 2.28. The van der Waals surface area contributed by atoms with Crippen LogP contribution in [-0.2, 0) is 18.6 Å². The minimum atomic E-state index is -0.205. The molecule has 5 heteroatoms. The lowest BCUT2D eigenvalue weighted by Crippen LogP contribution is -2.04. The third-order valence-electron chi connectivity index (χ3n) is 3.62. The Kier molecular flexibility index (Phi) is 4.76. The zero-order valence-electron chi connectivity index (χ0n) is 11.6. The highest BCUT2D eigenvalue weighted by atomic mass is 35.5. The van der Waals surface area contributed by atoms with Crippen LogP contribution < -0.4 is 0 Å². The van der Waals surface area contributed by atoms with Gasteiger partial charge in [0.15, 0.2) is 0 Å². The molecule has 0 unspecified atom stereocenters. The van der Waals surface area contributed by atoms with E-state index in [0.29, 0.717) is 21.6 Å². The predicted molar refractivity (Wildman–Crippen MR) is 84.3 cm³/mol. The van der Waals surface area contributed by atoms with Gasteiger partial charge >= 0.3 is 0 Å². The number of fused-ring (bicyclic) bond motifs is 1. The van der Waals surface area contributed by atoms with Gasteiger partial charge in [0, 0.05) is 16.2 Å². The molecule has 110 valence electrons. The van der Waals surface area contributed by atoms with E-state index in [9.17, 15) is 4.39 Å². The molecular weight excluding hydrogens is 307 g/mol. The lowest BCUT2D eigenvalue weighted by Gasteiger charge is -2.09. The van der Waals surface area contributed by atoms with Crippen LogP contribution in [0.4, 0.5) is 4.39 Å². The van der Waals surface area contributed by atoms with Gasteiger partial charge in [-0.05, 0) is 37.8 Å². The number of hydrogen-bond acceptors (Lipinski definition) is 3. The number of thioether (sulfide) groups is 1. The summed E-state index contributed by atoms with van der Waals surface area (Å²) in [6.07, 6.45) is 5.45. The smallest absolute Gasteiger partial charge is 0.140 e. The highest BCUT2D eigenvalue weighted by Gasteiger charge is 2.16. The molecule has 2 aromatic rings. The van der Waals surface area contributed by atoms with Crippen LogP contribution in [0, 0.1) is 5.82 Å². The Balaban J connectivity index is 1.79. The number of aromatic nitrogens is 2. The van der Waals surface area contributed by atoms with E-state index < -0.39 is 0 Å². The third kappa shape index (κ3) is 3.55. The summed E-state index contributed by atoms with van der Waals surface area (Å²) >= 11 is 7.70. The Labute approximate surface area is 133 Å². The van der Waals surface area contributed by atoms with Gasteiger partial charge in [0.05, 0.1) is 5.75 Å². The van der Waals surface area contributed by atoms with E-state index in [-0.39, 0.29) is 5.82 Å². The van der Waals surface area contributed by atoms with Crippen LogP contribution in [0.25, 0.3) is 0 Å². The first-order chi connectivity index (χ1) is 10.2. The molecule has 3 rings (SSSR count). The van der Waals surface area contributed by atoms with E-state index in [2.05, 4.69) is 9.97 Å². The summed E-state index contributed by atoms with van der Waals surface area (Å²) in [6.45, 7) is 0. The van der Waals surface area contributed by atoms with E-state index in [1.165, 1.54) is 24.2 Å². The number of aryl methyl sites for hydroxylation is 1. The van der Waals surface area contributed by atoms with Gasteiger partial charge in [0.25, 0.3) is 0 Å². The van der Waals surface area contributed by atoms with Crippen LogP contribution in [0.5, 0.6) is 0 Å². The van der Waals surface area contributed by atoms with Crippen molar-refractivity contribution >= 4 is 23.4 Å². The van der Waals surface area contributed by atoms with Crippen LogP contribution in [0.15, 0.2) is 29.2 Å². The summed E-state index contributed by atoms with van der Waals surface area (Å²) in [5, 5.41) is 0.575. The van der Waals surface area contributed by atoms with Crippen molar-refractivity contribution in [3.8, 4) is 0 Å². The molecule has 21 heavy (non-hydrogen) atoms. The average molecular weight is 323 g/mol. The summed E-state index contributed by atoms with van der Waals surface area (Å²) in [5.41, 5.74) is 2.19. The second-order valence-corrected chi connectivity index (χ2v) is 6.51. The van der Waals surface area contributed by atoms with Crippen molar-refractivity contribution in [2.45, 2.75) is 42.8 Å². The molecule has 1 aliphatic rings. The molecule has 1 heterocycles. The van der Waals surface area contributed by atoms with Crippen molar-refractivity contribution in [1.82, 2.24) is 9.97 Å². The topological polar surface area (TPSA) is 25.8 Å². The first kappa shape index (κ1) is 14.8. The quantitative estimate of drug-likeness (QED) is 0.460. The number of rotatable bonds is 3. The molecule has 0 radical (unpaired) electrons. The SMILES string of the molecule is Fc1ccccc1SCc1nc(Cl)c2c(n1)CCCCC2. The number of hydrogen-bond donors (Lipinski definition) is 0. The maximum absolute atomic E-state index is 13.6. The number of benzene rings is 1. The van der Waals surface area contributed by atoms with Crippen molar-refractivity contribution in [3.63, 3.8) is 0 Å². The fourth-order valence-electron chi connectivity index (χ4n) is 2.54. The lowest BCUT2D eigenvalue weighted by atomic mass is 10.1. The molecule has 0 atom stereocenters. The normalized spacial score (nSPS) is 14.6. The van der Waals surface area contributed by atoms with Gasteiger partial charge < -0.3 is 0 Å². The van der Waals surface area contributed by atoms with E-state index >= 15 is 0 Å². The molecule has 2 nitrogen and oxygen atoms in total. The first-order valence-electron chi connectivity index (χ1n) is 7.15. The van der Waals surface area contributed by atoms with Gasteiger partial charge in [0.1, 0.15) is 16.8 Å². The minimum absolute atomic E-state index is 0.205. The Morgan fingerprint density at radius 3 is 2.76 bits per heavy atom. The van der Waals surface area contributed by atoms with Crippen molar-refractivity contribution in [1.29, 1.82) is 0 Å². The van der Waals surface area contributed by atoms with Gasteiger partial charge in [-0.15, -0.1) is 11.8 Å². The maximum Gasteiger partial charge on any atom is 0.140 e. The molecule has 0 bridgehead atoms. The van der Waals surface area contributed by atoms with Crippen LogP contribution >= 0.6 is 23.4 Å². The third-order valence-corrected chi connectivity index (χ3v) is 4.98. The van der Waals surface area contributed by atoms with E-state index in [4.69, 9.17) is 11.6 Å². The lowest BCUT2D eigenvalue weighted by molar-refractivity contribution is 0.602. The second-order valence-electron chi connectivity index (χ2n) is 5.14. The Morgan fingerprint density at radius 2 is 1.90 bits per heavy atom. The summed E-state index contributed by atoms with van der Waals surface area (Å²) in [4.78, 5) is 9.64. The van der Waals surface area contributed by atoms with Crippen LogP contribution in [0.2, 0.25) is 5.15 Å². The minimum Gasteiger partial charge on any atom is -0.237 e. The van der Waals surface area contributed by atoms with Crippen LogP contribution in [0.3, 0.4) is 0 Å². The van der Waals surface area contributed by atoms with Gasteiger partial charge in [0.2, 0.25) is 0 Å². The number of halogens is 2. The molecule has 0 saturated carbocycles. The summed E-state index contributed by atoms with van der Waals surface area (Å²) in [7, 11) is 0. The average Bonchev–Trinajstić information content (AvgIpc) is 2.72. The van der Waals surface area contributed by atoms with Crippen LogP contribution in [-0.4, -0.2) is 9.97 Å². The Bertz CT molecular complexity index is 648. The second kappa shape index (κ2) is 6.75. The standard InChI is InChI=1S/C16H16ClFN2S/c17-16-11-6-2-1-3-8-13(11)19-15(20-16)10-21-14-9-5-4-7-12(14)18/h4-5,7,9H,1-3,6,8,10H2. The molecule has 0 N–H and O–H groups in total.